The van der Waals surface area contributed by atoms with Crippen LogP contribution in [0.2, 0.25) is 0 Å². The van der Waals surface area contributed by atoms with Gasteiger partial charge in [-0.05, 0) is 63.6 Å². The number of nitrogens with zero attached hydrogens (tertiary/aromatic N) is 1. The molecule has 1 heterocycles. The largest absolute Gasteiger partial charge is 0.369 e. The molecule has 0 spiro atoms. The first-order valence-electron chi connectivity index (χ1n) is 9.93. The maximum Gasteiger partial charge on any atom is 0.256 e. The lowest BCUT2D eigenvalue weighted by Crippen LogP contribution is -2.30. The van der Waals surface area contributed by atoms with E-state index in [1.807, 2.05) is 42.5 Å². The molecule has 3 rings (SSSR count). The summed E-state index contributed by atoms with van der Waals surface area (Å²) in [4.78, 5) is 16.0. The quantitative estimate of drug-likeness (QED) is 0.700. The molecule has 7 heteroatoms. The van der Waals surface area contributed by atoms with Gasteiger partial charge in [-0.2, -0.15) is 0 Å². The average Bonchev–Trinajstić information content (AvgIpc) is 3.02. The molecule has 5 nitrogen and oxygen atoms in total. The van der Waals surface area contributed by atoms with Gasteiger partial charge in [0.2, 0.25) is 0 Å². The minimum absolute atomic E-state index is 0.00398. The first-order valence-corrected chi connectivity index (χ1v) is 12.6. The summed E-state index contributed by atoms with van der Waals surface area (Å²) in [7, 11) is -2.94. The smallest absolute Gasteiger partial charge is 0.256 e. The number of amides is 1. The monoisotopic (exact) mass is 432 g/mol. The maximum atomic E-state index is 12.9. The third-order valence-electron chi connectivity index (χ3n) is 5.04. The highest BCUT2D eigenvalue weighted by Gasteiger charge is 2.29. The summed E-state index contributed by atoms with van der Waals surface area (Å²) in [5, 5.41) is 2.97. The fourth-order valence-electron chi connectivity index (χ4n) is 3.57. The lowest BCUT2D eigenvalue weighted by atomic mass is 10.2. The third kappa shape index (κ3) is 5.54. The van der Waals surface area contributed by atoms with Crippen LogP contribution in [0.3, 0.4) is 0 Å². The minimum Gasteiger partial charge on any atom is -0.369 e. The second-order valence-electron chi connectivity index (χ2n) is 7.52. The molecule has 1 atom stereocenters. The molecule has 1 fully saturated rings. The Morgan fingerprint density at radius 3 is 2.45 bits per heavy atom. The van der Waals surface area contributed by atoms with Crippen LogP contribution in [0.5, 0.6) is 0 Å². The van der Waals surface area contributed by atoms with Crippen LogP contribution in [0.1, 0.15) is 37.6 Å². The molecule has 0 radical (unpaired) electrons. The van der Waals surface area contributed by atoms with Crippen LogP contribution >= 0.6 is 11.8 Å². The molecule has 0 unspecified atom stereocenters. The van der Waals surface area contributed by atoms with Crippen molar-refractivity contribution in [2.75, 3.05) is 28.3 Å². The fourth-order valence-corrected chi connectivity index (χ4v) is 7.20. The van der Waals surface area contributed by atoms with Crippen molar-refractivity contribution in [3.05, 3.63) is 54.1 Å². The van der Waals surface area contributed by atoms with E-state index >= 15 is 0 Å². The molecule has 2 aromatic rings. The van der Waals surface area contributed by atoms with Crippen molar-refractivity contribution >= 4 is 38.9 Å². The molecule has 1 saturated heterocycles. The zero-order valence-corrected chi connectivity index (χ0v) is 18.7. The van der Waals surface area contributed by atoms with Gasteiger partial charge in [0.05, 0.1) is 17.1 Å². The average molecular weight is 433 g/mol. The number of thioether (sulfide) groups is 1. The van der Waals surface area contributed by atoms with Gasteiger partial charge in [-0.15, -0.1) is 11.8 Å². The molecule has 0 aliphatic carbocycles. The van der Waals surface area contributed by atoms with Crippen molar-refractivity contribution in [2.45, 2.75) is 43.4 Å². The van der Waals surface area contributed by atoms with E-state index in [4.69, 9.17) is 0 Å². The Hall–Kier alpha value is -1.99. The van der Waals surface area contributed by atoms with Crippen molar-refractivity contribution in [1.29, 1.82) is 0 Å². The number of nitrogens with one attached hydrogen (secondary N) is 1. The first-order chi connectivity index (χ1) is 13.8. The Morgan fingerprint density at radius 2 is 1.86 bits per heavy atom. The summed E-state index contributed by atoms with van der Waals surface area (Å²) in [5.74, 6) is 0.230. The SMILES string of the molecule is CCN(c1ccc(NC(=O)c2ccccc2S[C@H]2CCS(=O)(=O)C2)cc1)C(C)C. The standard InChI is InChI=1S/C22H28N2O3S2/c1-4-24(16(2)3)18-11-9-17(10-12-18)23-22(25)20-7-5-6-8-21(20)28-19-13-14-29(26,27)15-19/h5-12,16,19H,4,13-15H2,1-3H3,(H,23,25)/t19-/m0/s1. The Balaban J connectivity index is 1.71. The fraction of sp³-hybridized carbons (Fsp3) is 0.409. The highest BCUT2D eigenvalue weighted by Crippen LogP contribution is 2.33. The molecule has 2 aromatic carbocycles. The number of sulfone groups is 1. The van der Waals surface area contributed by atoms with Crippen LogP contribution in [0.4, 0.5) is 11.4 Å². The van der Waals surface area contributed by atoms with Crippen molar-refractivity contribution in [3.8, 4) is 0 Å². The molecule has 156 valence electrons. The summed E-state index contributed by atoms with van der Waals surface area (Å²) in [6.07, 6.45) is 0.633. The highest BCUT2D eigenvalue weighted by atomic mass is 32.2. The van der Waals surface area contributed by atoms with E-state index in [2.05, 4.69) is 31.0 Å². The molecule has 0 aromatic heterocycles. The second-order valence-corrected chi connectivity index (χ2v) is 11.1. The summed E-state index contributed by atoms with van der Waals surface area (Å²) in [5.41, 5.74) is 2.43. The summed E-state index contributed by atoms with van der Waals surface area (Å²) >= 11 is 1.48. The highest BCUT2D eigenvalue weighted by molar-refractivity contribution is 8.02. The molecule has 0 bridgehead atoms. The van der Waals surface area contributed by atoms with Crippen LogP contribution in [-0.4, -0.2) is 43.7 Å². The normalized spacial score (nSPS) is 18.0. The van der Waals surface area contributed by atoms with Gasteiger partial charge in [0.15, 0.2) is 9.84 Å². The minimum atomic E-state index is -2.94. The number of carbonyl (C=O) groups is 1. The molecule has 1 aliphatic rings. The Labute approximate surface area is 177 Å². The number of hydrogen-bond acceptors (Lipinski definition) is 5. The van der Waals surface area contributed by atoms with E-state index in [1.54, 1.807) is 6.07 Å². The van der Waals surface area contributed by atoms with Gasteiger partial charge in [-0.25, -0.2) is 8.42 Å². The first kappa shape index (κ1) is 21.7. The zero-order chi connectivity index (χ0) is 21.0. The van der Waals surface area contributed by atoms with E-state index in [9.17, 15) is 13.2 Å². The van der Waals surface area contributed by atoms with E-state index in [1.165, 1.54) is 11.8 Å². The molecule has 29 heavy (non-hydrogen) atoms. The number of carbonyl (C=O) groups excluding carboxylic acids is 1. The van der Waals surface area contributed by atoms with E-state index in [0.29, 0.717) is 18.0 Å². The van der Waals surface area contributed by atoms with Crippen molar-refractivity contribution < 1.29 is 13.2 Å². The van der Waals surface area contributed by atoms with E-state index in [0.717, 1.165) is 22.8 Å². The molecule has 1 aliphatic heterocycles. The van der Waals surface area contributed by atoms with Crippen LogP contribution in [-0.2, 0) is 9.84 Å². The second kappa shape index (κ2) is 9.22. The van der Waals surface area contributed by atoms with Crippen molar-refractivity contribution in [1.82, 2.24) is 0 Å². The topological polar surface area (TPSA) is 66.5 Å². The Morgan fingerprint density at radius 1 is 1.17 bits per heavy atom. The van der Waals surface area contributed by atoms with Gasteiger partial charge in [0.1, 0.15) is 0 Å². The maximum absolute atomic E-state index is 12.9. The van der Waals surface area contributed by atoms with E-state index in [-0.39, 0.29) is 22.7 Å². The van der Waals surface area contributed by atoms with Crippen LogP contribution in [0.15, 0.2) is 53.4 Å². The molecule has 1 N–H and O–H groups in total. The van der Waals surface area contributed by atoms with Crippen LogP contribution < -0.4 is 10.2 Å². The van der Waals surface area contributed by atoms with Gasteiger partial charge < -0.3 is 10.2 Å². The van der Waals surface area contributed by atoms with Gasteiger partial charge in [0, 0.05) is 34.1 Å². The number of anilines is 2. The zero-order valence-electron chi connectivity index (χ0n) is 17.1. The molecular formula is C22H28N2O3S2. The summed E-state index contributed by atoms with van der Waals surface area (Å²) in [6, 6.07) is 15.6. The third-order valence-corrected chi connectivity index (χ3v) is 8.36. The van der Waals surface area contributed by atoms with E-state index < -0.39 is 9.84 Å². The Kier molecular flexibility index (Phi) is 6.90. The number of hydrogen-bond donors (Lipinski definition) is 1. The van der Waals surface area contributed by atoms with Crippen LogP contribution in [0, 0.1) is 0 Å². The van der Waals surface area contributed by atoms with Gasteiger partial charge in [-0.3, -0.25) is 4.79 Å². The Bertz CT molecular complexity index is 956. The molecule has 0 saturated carbocycles. The summed E-state index contributed by atoms with van der Waals surface area (Å²) < 4.78 is 23.5. The van der Waals surface area contributed by atoms with Gasteiger partial charge in [0.25, 0.3) is 5.91 Å². The number of benzene rings is 2. The predicted octanol–water partition coefficient (Wildman–Crippen LogP) is 4.45. The lowest BCUT2D eigenvalue weighted by Gasteiger charge is -2.27. The number of rotatable bonds is 7. The van der Waals surface area contributed by atoms with Gasteiger partial charge in [-0.1, -0.05) is 12.1 Å². The molecule has 1 amide bonds. The van der Waals surface area contributed by atoms with Crippen molar-refractivity contribution in [3.63, 3.8) is 0 Å². The predicted molar refractivity (Wildman–Crippen MR) is 122 cm³/mol. The van der Waals surface area contributed by atoms with Gasteiger partial charge >= 0.3 is 0 Å². The van der Waals surface area contributed by atoms with Crippen LogP contribution in [0.25, 0.3) is 0 Å². The lowest BCUT2D eigenvalue weighted by molar-refractivity contribution is 0.102. The molecular weight excluding hydrogens is 404 g/mol. The van der Waals surface area contributed by atoms with Crippen molar-refractivity contribution in [2.24, 2.45) is 0 Å². The summed E-state index contributed by atoms with van der Waals surface area (Å²) in [6.45, 7) is 7.36.